The molecule has 1 saturated carbocycles. The van der Waals surface area contributed by atoms with Gasteiger partial charge < -0.3 is 10.6 Å². The van der Waals surface area contributed by atoms with Crippen LogP contribution >= 0.6 is 15.9 Å². The van der Waals surface area contributed by atoms with E-state index in [0.717, 1.165) is 29.2 Å². The Kier molecular flexibility index (Phi) is 4.38. The summed E-state index contributed by atoms with van der Waals surface area (Å²) in [4.78, 5) is 14.5. The lowest BCUT2D eigenvalue weighted by atomic mass is 10.2. The molecule has 1 saturated heterocycles. The molecule has 5 heteroatoms. The lowest BCUT2D eigenvalue weighted by Crippen LogP contribution is -2.38. The van der Waals surface area contributed by atoms with Crippen molar-refractivity contribution in [3.8, 4) is 0 Å². The molecule has 1 unspecified atom stereocenters. The van der Waals surface area contributed by atoms with Gasteiger partial charge >= 0.3 is 0 Å². The molecule has 3 rings (SSSR count). The SMILES string of the molecule is O=C(CNC1CCN(C2CC2)C1)Nc1cccc(Br)c1. The van der Waals surface area contributed by atoms with E-state index in [1.807, 2.05) is 24.3 Å². The topological polar surface area (TPSA) is 44.4 Å². The van der Waals surface area contributed by atoms with Gasteiger partial charge in [-0.3, -0.25) is 9.69 Å². The fourth-order valence-electron chi connectivity index (χ4n) is 2.73. The van der Waals surface area contributed by atoms with E-state index in [1.54, 1.807) is 0 Å². The number of nitrogens with zero attached hydrogens (tertiary/aromatic N) is 1. The predicted molar refractivity (Wildman–Crippen MR) is 83.8 cm³/mol. The monoisotopic (exact) mass is 337 g/mol. The molecule has 1 aliphatic carbocycles. The number of halogens is 1. The minimum atomic E-state index is 0.0213. The van der Waals surface area contributed by atoms with Crippen LogP contribution in [0.1, 0.15) is 19.3 Å². The average Bonchev–Trinajstić information content (AvgIpc) is 3.16. The van der Waals surface area contributed by atoms with Crippen molar-refractivity contribution in [2.75, 3.05) is 25.0 Å². The minimum absolute atomic E-state index is 0.0213. The summed E-state index contributed by atoms with van der Waals surface area (Å²) < 4.78 is 0.971. The Morgan fingerprint density at radius 2 is 2.20 bits per heavy atom. The summed E-state index contributed by atoms with van der Waals surface area (Å²) in [7, 11) is 0. The molecule has 1 amide bonds. The van der Waals surface area contributed by atoms with E-state index < -0.39 is 0 Å². The molecular weight excluding hydrogens is 318 g/mol. The van der Waals surface area contributed by atoms with Crippen molar-refractivity contribution in [1.82, 2.24) is 10.2 Å². The number of carbonyl (C=O) groups is 1. The van der Waals surface area contributed by atoms with Crippen LogP contribution in [0.2, 0.25) is 0 Å². The van der Waals surface area contributed by atoms with Crippen LogP contribution in [0.3, 0.4) is 0 Å². The molecule has 0 aromatic heterocycles. The molecule has 108 valence electrons. The van der Waals surface area contributed by atoms with Crippen molar-refractivity contribution >= 4 is 27.5 Å². The lowest BCUT2D eigenvalue weighted by molar-refractivity contribution is -0.115. The number of carbonyl (C=O) groups excluding carboxylic acids is 1. The third kappa shape index (κ3) is 3.81. The molecular formula is C15H20BrN3O. The highest BCUT2D eigenvalue weighted by Gasteiger charge is 2.34. The van der Waals surface area contributed by atoms with E-state index in [2.05, 4.69) is 31.5 Å². The van der Waals surface area contributed by atoms with E-state index in [4.69, 9.17) is 0 Å². The number of nitrogens with one attached hydrogen (secondary N) is 2. The smallest absolute Gasteiger partial charge is 0.238 e. The Bertz CT molecular complexity index is 490. The van der Waals surface area contributed by atoms with Crippen molar-refractivity contribution in [3.05, 3.63) is 28.7 Å². The first-order valence-electron chi connectivity index (χ1n) is 7.23. The molecule has 1 atom stereocenters. The highest BCUT2D eigenvalue weighted by molar-refractivity contribution is 9.10. The zero-order chi connectivity index (χ0) is 13.9. The largest absolute Gasteiger partial charge is 0.325 e. The first-order chi connectivity index (χ1) is 9.70. The van der Waals surface area contributed by atoms with Crippen molar-refractivity contribution in [2.45, 2.75) is 31.3 Å². The Morgan fingerprint density at radius 3 is 2.95 bits per heavy atom. The third-order valence-electron chi connectivity index (χ3n) is 3.94. The molecule has 20 heavy (non-hydrogen) atoms. The predicted octanol–water partition coefficient (Wildman–Crippen LogP) is 2.21. The van der Waals surface area contributed by atoms with E-state index in [0.29, 0.717) is 12.6 Å². The fraction of sp³-hybridized carbons (Fsp3) is 0.533. The van der Waals surface area contributed by atoms with Crippen LogP contribution in [0.15, 0.2) is 28.7 Å². The van der Waals surface area contributed by atoms with Crippen molar-refractivity contribution in [1.29, 1.82) is 0 Å². The second-order valence-electron chi connectivity index (χ2n) is 5.65. The zero-order valence-electron chi connectivity index (χ0n) is 11.4. The highest BCUT2D eigenvalue weighted by atomic mass is 79.9. The van der Waals surface area contributed by atoms with E-state index >= 15 is 0 Å². The molecule has 0 spiro atoms. The first-order valence-corrected chi connectivity index (χ1v) is 8.03. The van der Waals surface area contributed by atoms with Crippen LogP contribution in [0.25, 0.3) is 0 Å². The molecule has 2 aliphatic rings. The maximum absolute atomic E-state index is 11.9. The second kappa shape index (κ2) is 6.24. The Morgan fingerprint density at radius 1 is 1.35 bits per heavy atom. The van der Waals surface area contributed by atoms with Gasteiger partial charge in [0.05, 0.1) is 6.54 Å². The zero-order valence-corrected chi connectivity index (χ0v) is 13.0. The molecule has 1 aliphatic heterocycles. The number of benzene rings is 1. The summed E-state index contributed by atoms with van der Waals surface area (Å²) in [5.74, 6) is 0.0213. The van der Waals surface area contributed by atoms with E-state index in [9.17, 15) is 4.79 Å². The van der Waals surface area contributed by atoms with Crippen LogP contribution < -0.4 is 10.6 Å². The van der Waals surface area contributed by atoms with Gasteiger partial charge in [0.2, 0.25) is 5.91 Å². The summed E-state index contributed by atoms with van der Waals surface area (Å²) >= 11 is 3.40. The number of hydrogen-bond acceptors (Lipinski definition) is 3. The second-order valence-corrected chi connectivity index (χ2v) is 6.57. The van der Waals surface area contributed by atoms with Crippen molar-refractivity contribution in [2.24, 2.45) is 0 Å². The standard InChI is InChI=1S/C15H20BrN3O/c16-11-2-1-3-12(8-11)18-15(20)9-17-13-6-7-19(10-13)14-4-5-14/h1-3,8,13-14,17H,4-7,9-10H2,(H,18,20). The van der Waals surface area contributed by atoms with Crippen LogP contribution in [0.5, 0.6) is 0 Å². The van der Waals surface area contributed by atoms with E-state index in [-0.39, 0.29) is 5.91 Å². The van der Waals surface area contributed by atoms with Gasteiger partial charge in [0.1, 0.15) is 0 Å². The van der Waals surface area contributed by atoms with Crippen molar-refractivity contribution in [3.63, 3.8) is 0 Å². The number of amides is 1. The quantitative estimate of drug-likeness (QED) is 0.865. The molecule has 2 N–H and O–H groups in total. The molecule has 1 aromatic carbocycles. The highest BCUT2D eigenvalue weighted by Crippen LogP contribution is 2.29. The Balaban J connectivity index is 1.41. The minimum Gasteiger partial charge on any atom is -0.325 e. The summed E-state index contributed by atoms with van der Waals surface area (Å²) in [6.45, 7) is 2.65. The molecule has 0 bridgehead atoms. The van der Waals surface area contributed by atoms with Crippen LogP contribution in [0.4, 0.5) is 5.69 Å². The molecule has 0 radical (unpaired) electrons. The fourth-order valence-corrected chi connectivity index (χ4v) is 3.13. The van der Waals surface area contributed by atoms with Gasteiger partial charge in [0.15, 0.2) is 0 Å². The summed E-state index contributed by atoms with van der Waals surface area (Å²) in [5, 5.41) is 6.27. The van der Waals surface area contributed by atoms with Crippen LogP contribution in [-0.2, 0) is 4.79 Å². The normalized spacial score (nSPS) is 22.9. The first kappa shape index (κ1) is 14.0. The number of anilines is 1. The summed E-state index contributed by atoms with van der Waals surface area (Å²) in [5.41, 5.74) is 0.831. The molecule has 2 fully saturated rings. The van der Waals surface area contributed by atoms with Gasteiger partial charge in [-0.2, -0.15) is 0 Å². The summed E-state index contributed by atoms with van der Waals surface area (Å²) in [6.07, 6.45) is 3.87. The molecule has 1 aromatic rings. The van der Waals surface area contributed by atoms with Gasteiger partial charge in [-0.05, 0) is 37.5 Å². The third-order valence-corrected chi connectivity index (χ3v) is 4.44. The maximum atomic E-state index is 11.9. The van der Waals surface area contributed by atoms with E-state index in [1.165, 1.54) is 19.4 Å². The number of rotatable bonds is 5. The van der Waals surface area contributed by atoms with Gasteiger partial charge in [0.25, 0.3) is 0 Å². The van der Waals surface area contributed by atoms with Crippen LogP contribution in [-0.4, -0.2) is 42.5 Å². The Hall–Kier alpha value is -0.910. The number of hydrogen-bond donors (Lipinski definition) is 2. The molecule has 1 heterocycles. The molecule has 4 nitrogen and oxygen atoms in total. The summed E-state index contributed by atoms with van der Waals surface area (Å²) in [6, 6.07) is 8.95. The lowest BCUT2D eigenvalue weighted by Gasteiger charge is -2.15. The van der Waals surface area contributed by atoms with Gasteiger partial charge in [-0.15, -0.1) is 0 Å². The van der Waals surface area contributed by atoms with Crippen LogP contribution in [0, 0.1) is 0 Å². The maximum Gasteiger partial charge on any atom is 0.238 e. The number of likely N-dealkylation sites (tertiary alicyclic amines) is 1. The average molecular weight is 338 g/mol. The van der Waals surface area contributed by atoms with Crippen molar-refractivity contribution < 1.29 is 4.79 Å². The van der Waals surface area contributed by atoms with Gasteiger partial charge in [-0.25, -0.2) is 0 Å². The Labute approximate surface area is 128 Å². The van der Waals surface area contributed by atoms with Gasteiger partial charge in [-0.1, -0.05) is 22.0 Å². The van der Waals surface area contributed by atoms with Gasteiger partial charge in [0, 0.05) is 35.3 Å².